The lowest BCUT2D eigenvalue weighted by molar-refractivity contribution is -0.146. The fraction of sp³-hybridized carbons (Fsp3) is 0.406. The van der Waals surface area contributed by atoms with E-state index in [2.05, 4.69) is 19.9 Å². The Bertz CT molecular complexity index is 1560. The molecule has 41 heavy (non-hydrogen) atoms. The number of hydrogen-bond acceptors (Lipinski definition) is 7. The van der Waals surface area contributed by atoms with Crippen molar-refractivity contribution in [2.45, 2.75) is 58.5 Å². The molecule has 9 heteroatoms. The fourth-order valence-electron chi connectivity index (χ4n) is 5.39. The predicted octanol–water partition coefficient (Wildman–Crippen LogP) is 5.75. The van der Waals surface area contributed by atoms with Crippen LogP contribution in [0.25, 0.3) is 11.1 Å². The van der Waals surface area contributed by atoms with Gasteiger partial charge < -0.3 is 24.1 Å². The van der Waals surface area contributed by atoms with E-state index in [0.29, 0.717) is 44.2 Å². The number of carboxylic acid groups (broad SMARTS) is 1. The van der Waals surface area contributed by atoms with Crippen LogP contribution in [0.3, 0.4) is 0 Å². The molecule has 0 saturated heterocycles. The monoisotopic (exact) mass is 580 g/mol. The summed E-state index contributed by atoms with van der Waals surface area (Å²) in [4.78, 5) is 11.4. The summed E-state index contributed by atoms with van der Waals surface area (Å²) in [6, 6.07) is 17.7. The molecule has 0 amide bonds. The largest absolute Gasteiger partial charge is 0.494 e. The topological polar surface area (TPSA) is 108 Å². The normalized spacial score (nSPS) is 17.8. The highest BCUT2D eigenvalue weighted by atomic mass is 32.2. The van der Waals surface area contributed by atoms with Crippen LogP contribution in [0.15, 0.2) is 54.6 Å². The van der Waals surface area contributed by atoms with Crippen molar-refractivity contribution in [1.29, 1.82) is 0 Å². The quantitative estimate of drug-likeness (QED) is 0.302. The Kier molecular flexibility index (Phi) is 8.03. The molecule has 3 aromatic carbocycles. The number of ether oxygens (including phenoxy) is 4. The summed E-state index contributed by atoms with van der Waals surface area (Å²) in [5.41, 5.74) is 5.51. The average Bonchev–Trinajstić information content (AvgIpc) is 3.27. The molecule has 1 N–H and O–H groups in total. The van der Waals surface area contributed by atoms with Crippen molar-refractivity contribution in [1.82, 2.24) is 0 Å². The lowest BCUT2D eigenvalue weighted by Crippen LogP contribution is -2.30. The first-order chi connectivity index (χ1) is 19.4. The van der Waals surface area contributed by atoms with E-state index < -0.39 is 33.4 Å². The number of fused-ring (bicyclic) bond motifs is 4. The number of aliphatic carboxylic acids is 1. The zero-order valence-corrected chi connectivity index (χ0v) is 24.6. The molecule has 0 spiro atoms. The fourth-order valence-corrected chi connectivity index (χ4v) is 6.03. The molecule has 3 aromatic rings. The van der Waals surface area contributed by atoms with Gasteiger partial charge in [-0.05, 0) is 91.4 Å². The molecule has 0 fully saturated rings. The van der Waals surface area contributed by atoms with Crippen LogP contribution in [0.5, 0.6) is 17.2 Å². The van der Waals surface area contributed by atoms with E-state index in [1.54, 1.807) is 6.92 Å². The summed E-state index contributed by atoms with van der Waals surface area (Å²) < 4.78 is 47.0. The minimum atomic E-state index is -3.02. The molecule has 2 aliphatic rings. The highest BCUT2D eigenvalue weighted by molar-refractivity contribution is 7.90. The van der Waals surface area contributed by atoms with E-state index in [1.807, 2.05) is 48.5 Å². The van der Waals surface area contributed by atoms with Gasteiger partial charge in [0, 0.05) is 18.2 Å². The van der Waals surface area contributed by atoms with Crippen LogP contribution in [-0.4, -0.2) is 43.7 Å². The molecule has 218 valence electrons. The van der Waals surface area contributed by atoms with Crippen LogP contribution in [0, 0.1) is 5.92 Å². The van der Waals surface area contributed by atoms with Crippen molar-refractivity contribution in [3.63, 3.8) is 0 Å². The molecular formula is C32H36O8S. The van der Waals surface area contributed by atoms with E-state index in [9.17, 15) is 18.3 Å². The summed E-state index contributed by atoms with van der Waals surface area (Å²) in [6.07, 6.45) is 1.90. The van der Waals surface area contributed by atoms with Crippen LogP contribution in [0.4, 0.5) is 0 Å². The van der Waals surface area contributed by atoms with Crippen molar-refractivity contribution in [3.8, 4) is 28.4 Å². The second-order valence-electron chi connectivity index (χ2n) is 11.5. The molecule has 0 saturated carbocycles. The van der Waals surface area contributed by atoms with Crippen molar-refractivity contribution >= 4 is 15.8 Å². The third-order valence-electron chi connectivity index (χ3n) is 7.43. The first kappa shape index (κ1) is 29.0. The molecule has 8 nitrogen and oxygen atoms in total. The lowest BCUT2D eigenvalue weighted by Gasteiger charge is -2.25. The number of carbonyl (C=O) groups is 1. The molecule has 2 atom stereocenters. The minimum absolute atomic E-state index is 0.0979. The molecule has 0 aliphatic carbocycles. The Labute approximate surface area is 241 Å². The molecule has 0 bridgehead atoms. The summed E-state index contributed by atoms with van der Waals surface area (Å²) in [6.45, 7) is 6.81. The van der Waals surface area contributed by atoms with Gasteiger partial charge in [-0.1, -0.05) is 18.2 Å². The van der Waals surface area contributed by atoms with Gasteiger partial charge in [0.2, 0.25) is 0 Å². The summed E-state index contributed by atoms with van der Waals surface area (Å²) in [5, 5.41) is 9.37. The van der Waals surface area contributed by atoms with E-state index in [4.69, 9.17) is 18.9 Å². The molecule has 2 aliphatic heterocycles. The first-order valence-corrected chi connectivity index (χ1v) is 15.8. The minimum Gasteiger partial charge on any atom is -0.494 e. The lowest BCUT2D eigenvalue weighted by atomic mass is 9.92. The summed E-state index contributed by atoms with van der Waals surface area (Å²) in [7, 11) is -3.02. The molecular weight excluding hydrogens is 544 g/mol. The van der Waals surface area contributed by atoms with Gasteiger partial charge in [-0.15, -0.1) is 0 Å². The van der Waals surface area contributed by atoms with Crippen LogP contribution in [0.2, 0.25) is 0 Å². The number of hydrogen-bond donors (Lipinski definition) is 1. The van der Waals surface area contributed by atoms with Crippen LogP contribution < -0.4 is 14.2 Å². The Balaban J connectivity index is 1.32. The number of carboxylic acids is 1. The van der Waals surface area contributed by atoms with E-state index >= 15 is 0 Å². The highest BCUT2D eigenvalue weighted by Gasteiger charge is 2.33. The third kappa shape index (κ3) is 6.85. The molecule has 0 aromatic heterocycles. The molecule has 2 unspecified atom stereocenters. The van der Waals surface area contributed by atoms with Crippen molar-refractivity contribution in [2.75, 3.05) is 18.6 Å². The van der Waals surface area contributed by atoms with E-state index in [0.717, 1.165) is 39.1 Å². The Morgan fingerprint density at radius 3 is 2.51 bits per heavy atom. The summed E-state index contributed by atoms with van der Waals surface area (Å²) in [5.74, 6) is 0.792. The van der Waals surface area contributed by atoms with Crippen molar-refractivity contribution in [2.24, 2.45) is 5.92 Å². The van der Waals surface area contributed by atoms with Crippen LogP contribution >= 0.6 is 0 Å². The third-order valence-corrected chi connectivity index (χ3v) is 8.46. The molecule has 0 radical (unpaired) electrons. The maximum Gasteiger partial charge on any atom is 0.309 e. The van der Waals surface area contributed by atoms with Crippen LogP contribution in [-0.2, 0) is 39.0 Å². The van der Waals surface area contributed by atoms with Gasteiger partial charge in [0.05, 0.1) is 31.0 Å². The zero-order valence-electron chi connectivity index (χ0n) is 23.8. The molecule has 2 heterocycles. The van der Waals surface area contributed by atoms with Gasteiger partial charge in [-0.2, -0.15) is 0 Å². The van der Waals surface area contributed by atoms with E-state index in [-0.39, 0.29) is 5.75 Å². The van der Waals surface area contributed by atoms with Gasteiger partial charge in [-0.3, -0.25) is 4.79 Å². The standard InChI is InChI=1S/C32H36O8S/c1-20(31(33)34)30-27-10-8-25(16-23(27)19-39-30)38-18-21-6-11-29-28(14-21)26-9-7-24(37-12-5-13-41(4,35)36)15-22(26)17-32(2,3)40-29/h6-11,14-16,20,30H,5,12-13,17-19H2,1-4H3,(H,33,34). The Morgan fingerprint density at radius 1 is 1.02 bits per heavy atom. The Hall–Kier alpha value is -3.56. The highest BCUT2D eigenvalue weighted by Crippen LogP contribution is 2.42. The number of sulfone groups is 1. The number of rotatable bonds is 10. The van der Waals surface area contributed by atoms with Gasteiger partial charge in [0.1, 0.15) is 39.3 Å². The zero-order chi connectivity index (χ0) is 29.4. The smallest absolute Gasteiger partial charge is 0.309 e. The van der Waals surface area contributed by atoms with Gasteiger partial charge in [0.25, 0.3) is 0 Å². The van der Waals surface area contributed by atoms with Gasteiger partial charge in [0.15, 0.2) is 0 Å². The van der Waals surface area contributed by atoms with Crippen LogP contribution in [0.1, 0.15) is 55.5 Å². The van der Waals surface area contributed by atoms with Crippen molar-refractivity contribution in [3.05, 3.63) is 76.9 Å². The predicted molar refractivity (Wildman–Crippen MR) is 155 cm³/mol. The second kappa shape index (κ2) is 11.4. The molecule has 5 rings (SSSR count). The first-order valence-electron chi connectivity index (χ1n) is 13.7. The maximum absolute atomic E-state index is 11.4. The average molecular weight is 581 g/mol. The Morgan fingerprint density at radius 2 is 1.76 bits per heavy atom. The van der Waals surface area contributed by atoms with Gasteiger partial charge in [-0.25, -0.2) is 8.42 Å². The SMILES string of the molecule is CC(C(=O)O)C1OCc2cc(OCc3ccc4c(c3)-c3ccc(OCCCS(C)(=O)=O)cc3CC(C)(C)O4)ccc21. The van der Waals surface area contributed by atoms with Gasteiger partial charge >= 0.3 is 5.97 Å². The van der Waals surface area contributed by atoms with Crippen molar-refractivity contribution < 1.29 is 37.3 Å². The van der Waals surface area contributed by atoms with E-state index in [1.165, 1.54) is 6.26 Å². The number of benzene rings is 3. The second-order valence-corrected chi connectivity index (χ2v) is 13.8. The summed E-state index contributed by atoms with van der Waals surface area (Å²) >= 11 is 0. The maximum atomic E-state index is 11.4.